The van der Waals surface area contributed by atoms with E-state index in [-0.39, 0.29) is 12.1 Å². The molecule has 0 aliphatic heterocycles. The number of imidazole rings is 1. The molecule has 92 valence electrons. The Morgan fingerprint density at radius 2 is 2.18 bits per heavy atom. The van der Waals surface area contributed by atoms with Crippen LogP contribution in [-0.2, 0) is 0 Å². The third-order valence-electron chi connectivity index (χ3n) is 2.96. The molecule has 0 aromatic carbocycles. The van der Waals surface area contributed by atoms with E-state index >= 15 is 0 Å². The van der Waals surface area contributed by atoms with Crippen molar-refractivity contribution in [3.05, 3.63) is 38.5 Å². The topological polar surface area (TPSA) is 43.8 Å². The van der Waals surface area contributed by atoms with E-state index < -0.39 is 0 Å². The van der Waals surface area contributed by atoms with E-state index in [2.05, 4.69) is 43.9 Å². The van der Waals surface area contributed by atoms with E-state index in [1.165, 1.54) is 10.6 Å². The average Bonchev–Trinajstić information content (AvgIpc) is 2.80. The number of halogens is 1. The molecule has 0 saturated heterocycles. The van der Waals surface area contributed by atoms with Gasteiger partial charge in [-0.25, -0.2) is 4.98 Å². The summed E-state index contributed by atoms with van der Waals surface area (Å²) in [4.78, 5) is 5.61. The highest BCUT2D eigenvalue weighted by atomic mass is 79.9. The van der Waals surface area contributed by atoms with Gasteiger partial charge in [0.15, 0.2) is 0 Å². The zero-order valence-electron chi connectivity index (χ0n) is 10.1. The summed E-state index contributed by atoms with van der Waals surface area (Å²) in [7, 11) is 0. The first kappa shape index (κ1) is 12.8. The molecule has 0 radical (unpaired) electrons. The Labute approximate surface area is 114 Å². The molecule has 0 aliphatic rings. The van der Waals surface area contributed by atoms with Gasteiger partial charge in [0.1, 0.15) is 0 Å². The minimum atomic E-state index is 0.0489. The van der Waals surface area contributed by atoms with Gasteiger partial charge in [0.25, 0.3) is 0 Å². The van der Waals surface area contributed by atoms with Crippen molar-refractivity contribution in [3.63, 3.8) is 0 Å². The number of thiophene rings is 1. The lowest BCUT2D eigenvalue weighted by Gasteiger charge is -2.22. The van der Waals surface area contributed by atoms with Gasteiger partial charge in [0.05, 0.1) is 18.1 Å². The molecule has 2 N–H and O–H groups in total. The standard InChI is InChI=1S/C12H16BrN3S/c1-7(14)12(11-4-10(13)5-17-11)16-6-15-8(2)9(16)3/h4-7,12H,14H2,1-3H3. The molecule has 0 fully saturated rings. The molecule has 0 amide bonds. The molecule has 5 heteroatoms. The Balaban J connectivity index is 2.46. The van der Waals surface area contributed by atoms with Gasteiger partial charge in [-0.05, 0) is 42.8 Å². The molecule has 0 aliphatic carbocycles. The van der Waals surface area contributed by atoms with Crippen molar-refractivity contribution in [2.24, 2.45) is 5.73 Å². The van der Waals surface area contributed by atoms with Crippen LogP contribution in [0.3, 0.4) is 0 Å². The molecule has 2 unspecified atom stereocenters. The summed E-state index contributed by atoms with van der Waals surface area (Å²) in [5.41, 5.74) is 8.37. The monoisotopic (exact) mass is 313 g/mol. The highest BCUT2D eigenvalue weighted by Crippen LogP contribution is 2.31. The zero-order valence-corrected chi connectivity index (χ0v) is 12.5. The number of nitrogens with two attached hydrogens (primary N) is 1. The van der Waals surface area contributed by atoms with Crippen molar-refractivity contribution in [2.75, 3.05) is 0 Å². The van der Waals surface area contributed by atoms with Crippen LogP contribution in [0.5, 0.6) is 0 Å². The largest absolute Gasteiger partial charge is 0.326 e. The quantitative estimate of drug-likeness (QED) is 0.945. The van der Waals surface area contributed by atoms with E-state index in [9.17, 15) is 0 Å². The number of aryl methyl sites for hydroxylation is 1. The SMILES string of the molecule is Cc1ncn(C(c2cc(Br)cs2)C(C)N)c1C. The minimum Gasteiger partial charge on any atom is -0.326 e. The smallest absolute Gasteiger partial charge is 0.0958 e. The molecule has 2 aromatic heterocycles. The van der Waals surface area contributed by atoms with Gasteiger partial charge in [-0.3, -0.25) is 0 Å². The normalized spacial score (nSPS) is 14.9. The third kappa shape index (κ3) is 2.46. The molecule has 17 heavy (non-hydrogen) atoms. The van der Waals surface area contributed by atoms with Crippen LogP contribution in [0.25, 0.3) is 0 Å². The molecule has 0 bridgehead atoms. The van der Waals surface area contributed by atoms with Gasteiger partial charge in [0, 0.05) is 26.5 Å². The Bertz CT molecular complexity index is 516. The summed E-state index contributed by atoms with van der Waals surface area (Å²) in [6.07, 6.45) is 1.88. The molecule has 2 atom stereocenters. The lowest BCUT2D eigenvalue weighted by Crippen LogP contribution is -2.30. The van der Waals surface area contributed by atoms with Crippen LogP contribution in [0.15, 0.2) is 22.2 Å². The molecule has 2 heterocycles. The van der Waals surface area contributed by atoms with Gasteiger partial charge in [-0.15, -0.1) is 11.3 Å². The van der Waals surface area contributed by atoms with E-state index in [0.29, 0.717) is 0 Å². The zero-order chi connectivity index (χ0) is 12.6. The fourth-order valence-electron chi connectivity index (χ4n) is 1.93. The molecule has 3 nitrogen and oxygen atoms in total. The average molecular weight is 314 g/mol. The van der Waals surface area contributed by atoms with Crippen LogP contribution in [-0.4, -0.2) is 15.6 Å². The van der Waals surface area contributed by atoms with E-state index in [0.717, 1.165) is 10.2 Å². The predicted octanol–water partition coefficient (Wildman–Crippen LogP) is 3.26. The predicted molar refractivity (Wildman–Crippen MR) is 75.5 cm³/mol. The first-order valence-electron chi connectivity index (χ1n) is 5.50. The van der Waals surface area contributed by atoms with Gasteiger partial charge in [-0.2, -0.15) is 0 Å². The Morgan fingerprint density at radius 1 is 1.47 bits per heavy atom. The maximum absolute atomic E-state index is 6.13. The second-order valence-corrected chi connectivity index (χ2v) is 6.15. The Morgan fingerprint density at radius 3 is 2.59 bits per heavy atom. The van der Waals surface area contributed by atoms with E-state index in [1.54, 1.807) is 11.3 Å². The first-order valence-corrected chi connectivity index (χ1v) is 7.17. The Kier molecular flexibility index (Phi) is 3.70. The number of hydrogen-bond donors (Lipinski definition) is 1. The van der Waals surface area contributed by atoms with Crippen LogP contribution in [0.2, 0.25) is 0 Å². The van der Waals surface area contributed by atoms with Crippen LogP contribution in [0.1, 0.15) is 29.2 Å². The highest BCUT2D eigenvalue weighted by molar-refractivity contribution is 9.10. The van der Waals surface area contributed by atoms with Crippen LogP contribution in [0.4, 0.5) is 0 Å². The second kappa shape index (κ2) is 4.92. The summed E-state index contributed by atoms with van der Waals surface area (Å²) >= 11 is 5.21. The number of rotatable bonds is 3. The lowest BCUT2D eigenvalue weighted by molar-refractivity contribution is 0.494. The number of hydrogen-bond acceptors (Lipinski definition) is 3. The van der Waals surface area contributed by atoms with Gasteiger partial charge >= 0.3 is 0 Å². The molecular weight excluding hydrogens is 298 g/mol. The van der Waals surface area contributed by atoms with Crippen LogP contribution in [0, 0.1) is 13.8 Å². The van der Waals surface area contributed by atoms with Crippen molar-refractivity contribution in [3.8, 4) is 0 Å². The highest BCUT2D eigenvalue weighted by Gasteiger charge is 2.22. The maximum Gasteiger partial charge on any atom is 0.0958 e. The van der Waals surface area contributed by atoms with Gasteiger partial charge < -0.3 is 10.3 Å². The van der Waals surface area contributed by atoms with Gasteiger partial charge in [0.2, 0.25) is 0 Å². The Hall–Kier alpha value is -0.650. The molecule has 2 aromatic rings. The minimum absolute atomic E-state index is 0.0489. The summed E-state index contributed by atoms with van der Waals surface area (Å²) in [5.74, 6) is 0. The maximum atomic E-state index is 6.13. The summed E-state index contributed by atoms with van der Waals surface area (Å²) < 4.78 is 3.27. The van der Waals surface area contributed by atoms with Crippen molar-refractivity contribution >= 4 is 27.3 Å². The molecule has 0 saturated carbocycles. The number of aromatic nitrogens is 2. The van der Waals surface area contributed by atoms with E-state index in [1.807, 2.05) is 20.2 Å². The van der Waals surface area contributed by atoms with Gasteiger partial charge in [-0.1, -0.05) is 0 Å². The summed E-state index contributed by atoms with van der Waals surface area (Å²) in [5, 5.41) is 2.09. The van der Waals surface area contributed by atoms with Crippen molar-refractivity contribution < 1.29 is 0 Å². The van der Waals surface area contributed by atoms with Crippen LogP contribution < -0.4 is 5.73 Å². The van der Waals surface area contributed by atoms with Crippen molar-refractivity contribution in [2.45, 2.75) is 32.9 Å². The third-order valence-corrected chi connectivity index (χ3v) is 4.73. The molecular formula is C12H16BrN3S. The summed E-state index contributed by atoms with van der Waals surface area (Å²) in [6.45, 7) is 6.14. The summed E-state index contributed by atoms with van der Waals surface area (Å²) in [6, 6.07) is 2.34. The lowest BCUT2D eigenvalue weighted by atomic mass is 10.1. The first-order chi connectivity index (χ1) is 8.00. The molecule has 0 spiro atoms. The fraction of sp³-hybridized carbons (Fsp3) is 0.417. The van der Waals surface area contributed by atoms with Crippen molar-refractivity contribution in [1.29, 1.82) is 0 Å². The molecule has 2 rings (SSSR count). The van der Waals surface area contributed by atoms with E-state index in [4.69, 9.17) is 5.73 Å². The second-order valence-electron chi connectivity index (χ2n) is 4.29. The van der Waals surface area contributed by atoms with Crippen LogP contribution >= 0.6 is 27.3 Å². The number of nitrogens with zero attached hydrogens (tertiary/aromatic N) is 2. The fourth-order valence-corrected chi connectivity index (χ4v) is 3.59. The van der Waals surface area contributed by atoms with Crippen molar-refractivity contribution in [1.82, 2.24) is 9.55 Å².